The molecule has 1 rings (SSSR count). The lowest BCUT2D eigenvalue weighted by Gasteiger charge is -2.20. The number of nitrogens with one attached hydrogen (secondary N) is 1. The maximum absolute atomic E-state index is 11.5. The maximum Gasteiger partial charge on any atom is 0.707 e. The molecule has 6 nitrogen and oxygen atoms in total. The van der Waals surface area contributed by atoms with Gasteiger partial charge in [0.15, 0.2) is 0 Å². The summed E-state index contributed by atoms with van der Waals surface area (Å²) in [4.78, 5) is 11.5. The smallest absolute Gasteiger partial charge is 0.512 e. The van der Waals surface area contributed by atoms with Gasteiger partial charge < -0.3 is 24.8 Å². The van der Waals surface area contributed by atoms with Crippen LogP contribution in [-0.4, -0.2) is 29.1 Å². The van der Waals surface area contributed by atoms with Crippen molar-refractivity contribution in [2.75, 3.05) is 0 Å². The van der Waals surface area contributed by atoms with Crippen molar-refractivity contribution in [2.24, 2.45) is 0 Å². The average molecular weight is 267 g/mol. The minimum atomic E-state index is -1.90. The molecule has 0 spiro atoms. The molecule has 19 heavy (non-hydrogen) atoms. The van der Waals surface area contributed by atoms with Gasteiger partial charge in [-0.15, -0.1) is 0 Å². The molecule has 0 atom stereocenters. The van der Waals surface area contributed by atoms with Crippen molar-refractivity contribution in [3.63, 3.8) is 0 Å². The van der Waals surface area contributed by atoms with Gasteiger partial charge in [0.1, 0.15) is 11.4 Å². The molecule has 0 saturated carbocycles. The van der Waals surface area contributed by atoms with E-state index < -0.39 is 19.0 Å². The Morgan fingerprint density at radius 2 is 1.95 bits per heavy atom. The third-order valence-electron chi connectivity index (χ3n) is 2.03. The van der Waals surface area contributed by atoms with E-state index in [0.29, 0.717) is 5.56 Å². The Morgan fingerprint density at radius 3 is 2.53 bits per heavy atom. The largest absolute Gasteiger partial charge is 0.707 e. The van der Waals surface area contributed by atoms with Crippen LogP contribution in [0.1, 0.15) is 26.3 Å². The van der Waals surface area contributed by atoms with E-state index in [1.807, 2.05) is 0 Å². The van der Waals surface area contributed by atoms with Crippen molar-refractivity contribution in [1.29, 1.82) is 0 Å². The summed E-state index contributed by atoms with van der Waals surface area (Å²) in [7, 11) is -1.90. The first kappa shape index (κ1) is 15.3. The summed E-state index contributed by atoms with van der Waals surface area (Å²) in [5, 5.41) is 20.1. The number of carbonyl (C=O) groups is 1. The Labute approximate surface area is 112 Å². The number of hydrogen-bond donors (Lipinski definition) is 3. The molecule has 0 saturated heterocycles. The van der Waals surface area contributed by atoms with Crippen LogP contribution in [-0.2, 0) is 11.3 Å². The van der Waals surface area contributed by atoms with Crippen molar-refractivity contribution in [3.05, 3.63) is 29.8 Å². The van der Waals surface area contributed by atoms with Crippen LogP contribution in [0.3, 0.4) is 0 Å². The van der Waals surface area contributed by atoms with Crippen molar-refractivity contribution in [1.82, 2.24) is 5.32 Å². The number of alkyl carbamates (subject to hydrolysis) is 1. The molecule has 3 N–H and O–H groups in total. The Bertz CT molecular complexity index is 430. The topological polar surface area (TPSA) is 88.0 Å². The molecule has 104 valence electrons. The molecular weight excluding hydrogens is 249 g/mol. The Kier molecular flexibility index (Phi) is 5.20. The van der Waals surface area contributed by atoms with E-state index in [2.05, 4.69) is 5.32 Å². The van der Waals surface area contributed by atoms with Gasteiger partial charge in [0.25, 0.3) is 0 Å². The fourth-order valence-electron chi connectivity index (χ4n) is 1.36. The third kappa shape index (κ3) is 6.12. The fraction of sp³-hybridized carbons (Fsp3) is 0.417. The molecular formula is C12H18BNO5. The molecule has 7 heteroatoms. The van der Waals surface area contributed by atoms with Crippen LogP contribution in [0, 0.1) is 0 Å². The van der Waals surface area contributed by atoms with Crippen molar-refractivity contribution < 1.29 is 24.2 Å². The lowest BCUT2D eigenvalue weighted by Crippen LogP contribution is -2.32. The number of carbonyl (C=O) groups excluding carboxylic acids is 1. The molecule has 1 aromatic carbocycles. The predicted molar refractivity (Wildman–Crippen MR) is 70.3 cm³/mol. The quantitative estimate of drug-likeness (QED) is 0.710. The standard InChI is InChI=1S/C12H18BNO5/c1-12(2,3)18-11(15)14-8-9-6-4-5-7-10(9)19-13(16)17/h4-7,16-17H,8H2,1-3H3,(H,14,15). The number of ether oxygens (including phenoxy) is 1. The zero-order valence-corrected chi connectivity index (χ0v) is 11.2. The van der Waals surface area contributed by atoms with E-state index in [-0.39, 0.29) is 12.3 Å². The first-order chi connectivity index (χ1) is 8.78. The zero-order valence-electron chi connectivity index (χ0n) is 11.2. The van der Waals surface area contributed by atoms with Crippen molar-refractivity contribution in [2.45, 2.75) is 32.9 Å². The first-order valence-electron chi connectivity index (χ1n) is 5.85. The van der Waals surface area contributed by atoms with Crippen LogP contribution in [0.5, 0.6) is 5.75 Å². The monoisotopic (exact) mass is 267 g/mol. The van der Waals surface area contributed by atoms with E-state index in [4.69, 9.17) is 19.4 Å². The average Bonchev–Trinajstić information content (AvgIpc) is 2.24. The minimum Gasteiger partial charge on any atom is -0.512 e. The number of amides is 1. The van der Waals surface area contributed by atoms with Crippen LogP contribution < -0.4 is 9.97 Å². The van der Waals surface area contributed by atoms with Gasteiger partial charge in [-0.25, -0.2) is 4.79 Å². The number of hydrogen-bond acceptors (Lipinski definition) is 5. The molecule has 0 heterocycles. The highest BCUT2D eigenvalue weighted by Gasteiger charge is 2.17. The molecule has 0 unspecified atom stereocenters. The van der Waals surface area contributed by atoms with Crippen LogP contribution in [0.15, 0.2) is 24.3 Å². The summed E-state index contributed by atoms with van der Waals surface area (Å²) in [6.07, 6.45) is -0.549. The van der Waals surface area contributed by atoms with Crippen LogP contribution in [0.25, 0.3) is 0 Å². The van der Waals surface area contributed by atoms with Gasteiger partial charge in [-0.2, -0.15) is 0 Å². The van der Waals surface area contributed by atoms with Crippen LogP contribution >= 0.6 is 0 Å². The van der Waals surface area contributed by atoms with Crippen LogP contribution in [0.4, 0.5) is 4.79 Å². The molecule has 0 aliphatic heterocycles. The summed E-state index contributed by atoms with van der Waals surface area (Å²) in [5.41, 5.74) is 0.0444. The number of rotatable bonds is 4. The maximum atomic E-state index is 11.5. The summed E-state index contributed by atoms with van der Waals surface area (Å²) in [6, 6.07) is 6.72. The molecule has 0 radical (unpaired) electrons. The molecule has 0 bridgehead atoms. The molecule has 1 amide bonds. The van der Waals surface area contributed by atoms with Gasteiger partial charge >= 0.3 is 13.4 Å². The second-order valence-corrected chi connectivity index (χ2v) is 4.91. The van der Waals surface area contributed by atoms with Gasteiger partial charge in [-0.3, -0.25) is 0 Å². The Hall–Kier alpha value is -1.73. The summed E-state index contributed by atoms with van der Waals surface area (Å²) in [6.45, 7) is 5.47. The molecule has 0 aliphatic rings. The van der Waals surface area contributed by atoms with E-state index in [0.717, 1.165) is 0 Å². The second-order valence-electron chi connectivity index (χ2n) is 4.91. The van der Waals surface area contributed by atoms with Crippen molar-refractivity contribution >= 4 is 13.4 Å². The zero-order chi connectivity index (χ0) is 14.5. The van der Waals surface area contributed by atoms with E-state index in [1.165, 1.54) is 0 Å². The fourth-order valence-corrected chi connectivity index (χ4v) is 1.36. The van der Waals surface area contributed by atoms with E-state index in [1.54, 1.807) is 45.0 Å². The van der Waals surface area contributed by atoms with Gasteiger partial charge in [0.05, 0.1) is 0 Å². The Morgan fingerprint density at radius 1 is 1.32 bits per heavy atom. The minimum absolute atomic E-state index is 0.164. The lowest BCUT2D eigenvalue weighted by atomic mass is 10.1. The third-order valence-corrected chi connectivity index (χ3v) is 2.03. The van der Waals surface area contributed by atoms with Gasteiger partial charge in [-0.05, 0) is 26.8 Å². The van der Waals surface area contributed by atoms with Gasteiger partial charge in [-0.1, -0.05) is 18.2 Å². The molecule has 0 aliphatic carbocycles. The van der Waals surface area contributed by atoms with Crippen LogP contribution in [0.2, 0.25) is 0 Å². The summed E-state index contributed by atoms with van der Waals surface area (Å²) < 4.78 is 9.89. The SMILES string of the molecule is CC(C)(C)OC(=O)NCc1ccccc1OB(O)O. The highest BCUT2D eigenvalue weighted by Crippen LogP contribution is 2.18. The molecule has 0 aromatic heterocycles. The highest BCUT2D eigenvalue weighted by molar-refractivity contribution is 6.33. The van der Waals surface area contributed by atoms with Crippen molar-refractivity contribution in [3.8, 4) is 5.75 Å². The van der Waals surface area contributed by atoms with Gasteiger partial charge in [0, 0.05) is 12.1 Å². The molecule has 1 aromatic rings. The highest BCUT2D eigenvalue weighted by atomic mass is 16.6. The first-order valence-corrected chi connectivity index (χ1v) is 5.85. The van der Waals surface area contributed by atoms with E-state index >= 15 is 0 Å². The van der Waals surface area contributed by atoms with Gasteiger partial charge in [0.2, 0.25) is 0 Å². The van der Waals surface area contributed by atoms with E-state index in [9.17, 15) is 4.79 Å². The number of para-hydroxylation sites is 1. The second kappa shape index (κ2) is 6.44. The normalized spacial score (nSPS) is 10.8. The lowest BCUT2D eigenvalue weighted by molar-refractivity contribution is 0.0523. The Balaban J connectivity index is 2.60. The summed E-state index contributed by atoms with van der Waals surface area (Å²) >= 11 is 0. The summed E-state index contributed by atoms with van der Waals surface area (Å²) in [5.74, 6) is 0.286. The molecule has 0 fully saturated rings. The predicted octanol–water partition coefficient (Wildman–Crippen LogP) is 1.06. The number of benzene rings is 1.